The van der Waals surface area contributed by atoms with Gasteiger partial charge in [0.25, 0.3) is 0 Å². The second-order valence-electron chi connectivity index (χ2n) is 5.13. The summed E-state index contributed by atoms with van der Waals surface area (Å²) in [5.74, 6) is 0. The quantitative estimate of drug-likeness (QED) is 0.534. The van der Waals surface area contributed by atoms with E-state index in [0.29, 0.717) is 0 Å². The summed E-state index contributed by atoms with van der Waals surface area (Å²) in [5.41, 5.74) is 0. The summed E-state index contributed by atoms with van der Waals surface area (Å²) in [6.45, 7) is 3.13. The van der Waals surface area contributed by atoms with Gasteiger partial charge in [-0.2, -0.15) is 0 Å². The van der Waals surface area contributed by atoms with Crippen molar-refractivity contribution in [3.05, 3.63) is 60.7 Å². The van der Waals surface area contributed by atoms with Crippen molar-refractivity contribution in [1.82, 2.24) is 0 Å². The molecule has 0 aliphatic rings. The van der Waals surface area contributed by atoms with Crippen LogP contribution < -0.4 is 10.4 Å². The zero-order chi connectivity index (χ0) is 14.0. The Morgan fingerprint density at radius 1 is 0.750 bits per heavy atom. The molecule has 0 amide bonds. The van der Waals surface area contributed by atoms with Crippen LogP contribution in [-0.4, -0.2) is 15.6 Å². The molecule has 0 fully saturated rings. The van der Waals surface area contributed by atoms with E-state index in [1.54, 1.807) is 0 Å². The van der Waals surface area contributed by atoms with Crippen LogP contribution in [0.3, 0.4) is 0 Å². The van der Waals surface area contributed by atoms with Crippen molar-refractivity contribution < 1.29 is 4.43 Å². The summed E-state index contributed by atoms with van der Waals surface area (Å²) in [6, 6.07) is 21.4. The molecular formula is C18H24OSi. The van der Waals surface area contributed by atoms with Gasteiger partial charge in [-0.25, -0.2) is 0 Å². The number of benzene rings is 2. The SMILES string of the molecule is CCCCCCO[SiH](c1ccccc1)c1ccccc1. The Balaban J connectivity index is 2.02. The van der Waals surface area contributed by atoms with Crippen LogP contribution in [0.25, 0.3) is 0 Å². The second kappa shape index (κ2) is 8.72. The zero-order valence-corrected chi connectivity index (χ0v) is 13.4. The largest absolute Gasteiger partial charge is 0.411 e. The molecule has 0 aromatic heterocycles. The number of rotatable bonds is 8. The Bertz CT molecular complexity index is 430. The maximum absolute atomic E-state index is 6.30. The normalized spacial score (nSPS) is 10.9. The van der Waals surface area contributed by atoms with E-state index in [4.69, 9.17) is 4.43 Å². The van der Waals surface area contributed by atoms with Crippen molar-refractivity contribution >= 4 is 19.4 Å². The Morgan fingerprint density at radius 3 is 1.80 bits per heavy atom. The number of unbranched alkanes of at least 4 members (excludes halogenated alkanes) is 3. The van der Waals surface area contributed by atoms with Crippen molar-refractivity contribution in [1.29, 1.82) is 0 Å². The minimum atomic E-state index is -1.50. The summed E-state index contributed by atoms with van der Waals surface area (Å²) in [6.07, 6.45) is 5.04. The average molecular weight is 284 g/mol. The molecule has 0 spiro atoms. The zero-order valence-electron chi connectivity index (χ0n) is 12.3. The van der Waals surface area contributed by atoms with Gasteiger partial charge in [0, 0.05) is 6.61 Å². The molecule has 1 nitrogen and oxygen atoms in total. The molecule has 2 heteroatoms. The van der Waals surface area contributed by atoms with Crippen LogP contribution >= 0.6 is 0 Å². The highest BCUT2D eigenvalue weighted by Crippen LogP contribution is 2.01. The molecule has 0 unspecified atom stereocenters. The molecule has 0 N–H and O–H groups in total. The summed E-state index contributed by atoms with van der Waals surface area (Å²) < 4.78 is 6.30. The average Bonchev–Trinajstić information content (AvgIpc) is 2.53. The van der Waals surface area contributed by atoms with Gasteiger partial charge in [-0.1, -0.05) is 86.8 Å². The molecule has 0 bridgehead atoms. The van der Waals surface area contributed by atoms with Crippen LogP contribution in [0.4, 0.5) is 0 Å². The standard InChI is InChI=1S/C18H24OSi/c1-2-3-4-11-16-19-20(17-12-7-5-8-13-17)18-14-9-6-10-15-18/h5-10,12-15,20H,2-4,11,16H2,1H3. The maximum Gasteiger partial charge on any atom is 0.239 e. The molecule has 106 valence electrons. The molecule has 20 heavy (non-hydrogen) atoms. The molecule has 0 saturated heterocycles. The predicted octanol–water partition coefficient (Wildman–Crippen LogP) is 3.12. The topological polar surface area (TPSA) is 9.23 Å². The van der Waals surface area contributed by atoms with E-state index in [1.807, 2.05) is 0 Å². The predicted molar refractivity (Wildman–Crippen MR) is 89.4 cm³/mol. The molecule has 0 aliphatic heterocycles. The van der Waals surface area contributed by atoms with Gasteiger partial charge >= 0.3 is 0 Å². The van der Waals surface area contributed by atoms with Crippen LogP contribution in [0.5, 0.6) is 0 Å². The van der Waals surface area contributed by atoms with Crippen molar-refractivity contribution in [2.45, 2.75) is 32.6 Å². The lowest BCUT2D eigenvalue weighted by molar-refractivity contribution is 0.319. The van der Waals surface area contributed by atoms with Crippen molar-refractivity contribution in [2.24, 2.45) is 0 Å². The third kappa shape index (κ3) is 4.62. The van der Waals surface area contributed by atoms with E-state index in [1.165, 1.54) is 36.1 Å². The number of hydrogen-bond donors (Lipinski definition) is 0. The lowest BCUT2D eigenvalue weighted by atomic mass is 10.2. The van der Waals surface area contributed by atoms with Gasteiger partial charge in [-0.15, -0.1) is 0 Å². The Hall–Kier alpha value is -1.38. The fourth-order valence-corrected chi connectivity index (χ4v) is 4.69. The van der Waals surface area contributed by atoms with Crippen LogP contribution in [0, 0.1) is 0 Å². The molecule has 0 heterocycles. The maximum atomic E-state index is 6.30. The minimum absolute atomic E-state index is 0.890. The molecule has 0 atom stereocenters. The molecule has 2 rings (SSSR count). The minimum Gasteiger partial charge on any atom is -0.411 e. The summed E-state index contributed by atoms with van der Waals surface area (Å²) >= 11 is 0. The summed E-state index contributed by atoms with van der Waals surface area (Å²) in [4.78, 5) is 0. The number of hydrogen-bond acceptors (Lipinski definition) is 1. The third-order valence-corrected chi connectivity index (χ3v) is 6.04. The third-order valence-electron chi connectivity index (χ3n) is 3.49. The van der Waals surface area contributed by atoms with Crippen LogP contribution in [0.15, 0.2) is 60.7 Å². The van der Waals surface area contributed by atoms with Gasteiger partial charge in [0.1, 0.15) is 0 Å². The molecule has 2 aromatic carbocycles. The van der Waals surface area contributed by atoms with Crippen LogP contribution in [0.1, 0.15) is 32.6 Å². The van der Waals surface area contributed by atoms with Gasteiger partial charge < -0.3 is 4.43 Å². The van der Waals surface area contributed by atoms with Gasteiger partial charge in [0.15, 0.2) is 0 Å². The molecular weight excluding hydrogens is 260 g/mol. The summed E-state index contributed by atoms with van der Waals surface area (Å²) in [7, 11) is -1.50. The van der Waals surface area contributed by atoms with E-state index < -0.39 is 9.04 Å². The highest BCUT2D eigenvalue weighted by atomic mass is 28.3. The lowest BCUT2D eigenvalue weighted by Crippen LogP contribution is -2.45. The molecule has 0 aliphatic carbocycles. The van der Waals surface area contributed by atoms with Crippen LogP contribution in [0.2, 0.25) is 0 Å². The van der Waals surface area contributed by atoms with Gasteiger partial charge in [0.2, 0.25) is 9.04 Å². The van der Waals surface area contributed by atoms with Crippen molar-refractivity contribution in [3.63, 3.8) is 0 Å². The second-order valence-corrected chi connectivity index (χ2v) is 7.56. The first-order chi connectivity index (χ1) is 9.92. The first kappa shape index (κ1) is 15.0. The molecule has 0 saturated carbocycles. The Morgan fingerprint density at radius 2 is 1.30 bits per heavy atom. The Kier molecular flexibility index (Phi) is 6.55. The van der Waals surface area contributed by atoms with Gasteiger partial charge in [0.05, 0.1) is 0 Å². The Labute approximate surface area is 124 Å². The van der Waals surface area contributed by atoms with Crippen LogP contribution in [-0.2, 0) is 4.43 Å². The van der Waals surface area contributed by atoms with E-state index in [0.717, 1.165) is 6.61 Å². The fraction of sp³-hybridized carbons (Fsp3) is 0.333. The monoisotopic (exact) mass is 284 g/mol. The van der Waals surface area contributed by atoms with Crippen molar-refractivity contribution in [3.8, 4) is 0 Å². The van der Waals surface area contributed by atoms with E-state index >= 15 is 0 Å². The summed E-state index contributed by atoms with van der Waals surface area (Å²) in [5, 5.41) is 2.74. The fourth-order valence-electron chi connectivity index (χ4n) is 2.37. The lowest BCUT2D eigenvalue weighted by Gasteiger charge is -2.17. The molecule has 2 aromatic rings. The first-order valence-electron chi connectivity index (χ1n) is 7.63. The molecule has 0 radical (unpaired) electrons. The highest BCUT2D eigenvalue weighted by molar-refractivity contribution is 6.80. The smallest absolute Gasteiger partial charge is 0.239 e. The van der Waals surface area contributed by atoms with Gasteiger partial charge in [-0.05, 0) is 16.8 Å². The van der Waals surface area contributed by atoms with E-state index in [9.17, 15) is 0 Å². The van der Waals surface area contributed by atoms with Gasteiger partial charge in [-0.3, -0.25) is 0 Å². The first-order valence-corrected chi connectivity index (χ1v) is 9.26. The highest BCUT2D eigenvalue weighted by Gasteiger charge is 2.16. The van der Waals surface area contributed by atoms with Crippen molar-refractivity contribution in [2.75, 3.05) is 6.61 Å². The van der Waals surface area contributed by atoms with E-state index in [2.05, 4.69) is 67.6 Å². The van der Waals surface area contributed by atoms with E-state index in [-0.39, 0.29) is 0 Å².